The van der Waals surface area contributed by atoms with E-state index in [0.717, 1.165) is 12.0 Å². The van der Waals surface area contributed by atoms with Crippen molar-refractivity contribution < 1.29 is 4.79 Å². The van der Waals surface area contributed by atoms with Gasteiger partial charge in [0, 0.05) is 12.8 Å². The fourth-order valence-corrected chi connectivity index (χ4v) is 2.42. The van der Waals surface area contributed by atoms with Gasteiger partial charge in [-0.3, -0.25) is 4.79 Å². The topological polar surface area (TPSA) is 17.1 Å². The van der Waals surface area contributed by atoms with Crippen molar-refractivity contribution in [3.8, 4) is 0 Å². The van der Waals surface area contributed by atoms with E-state index in [4.69, 9.17) is 0 Å². The van der Waals surface area contributed by atoms with Crippen molar-refractivity contribution in [3.05, 3.63) is 70.8 Å². The van der Waals surface area contributed by atoms with Crippen molar-refractivity contribution in [1.82, 2.24) is 0 Å². The van der Waals surface area contributed by atoms with Crippen LogP contribution in [-0.2, 0) is 17.6 Å². The van der Waals surface area contributed by atoms with Crippen LogP contribution in [0.3, 0.4) is 0 Å². The third-order valence-corrected chi connectivity index (χ3v) is 3.22. The van der Waals surface area contributed by atoms with Crippen molar-refractivity contribution in [1.29, 1.82) is 0 Å². The molecule has 1 heteroatoms. The van der Waals surface area contributed by atoms with E-state index in [-0.39, 0.29) is 0 Å². The number of rotatable bonds is 5. The van der Waals surface area contributed by atoms with Crippen LogP contribution in [0, 0.1) is 13.8 Å². The summed E-state index contributed by atoms with van der Waals surface area (Å²) >= 11 is 0. The molecular formula is C18H20O. The summed E-state index contributed by atoms with van der Waals surface area (Å²) in [5.74, 6) is 0.314. The molecule has 1 nitrogen and oxygen atoms in total. The fraction of sp³-hybridized carbons (Fsp3) is 0.278. The molecule has 0 aliphatic carbocycles. The molecule has 0 spiro atoms. The Hall–Kier alpha value is -1.89. The molecule has 2 aromatic rings. The number of carbonyl (C=O) groups is 1. The molecule has 0 aliphatic heterocycles. The minimum Gasteiger partial charge on any atom is -0.299 e. The molecule has 2 rings (SSSR count). The predicted molar refractivity (Wildman–Crippen MR) is 79.4 cm³/mol. The number of ketones is 1. The Kier molecular flexibility index (Phi) is 4.51. The minimum atomic E-state index is 0.314. The SMILES string of the molecule is Cc1cc(C)cc(CC(=O)CCc2ccccc2)c1. The van der Waals surface area contributed by atoms with Gasteiger partial charge in [0.2, 0.25) is 0 Å². The summed E-state index contributed by atoms with van der Waals surface area (Å²) < 4.78 is 0. The van der Waals surface area contributed by atoms with Gasteiger partial charge in [-0.1, -0.05) is 59.7 Å². The van der Waals surface area contributed by atoms with Gasteiger partial charge in [-0.05, 0) is 31.4 Å². The lowest BCUT2D eigenvalue weighted by Gasteiger charge is -2.05. The standard InChI is InChI=1S/C18H20O/c1-14-10-15(2)12-17(11-14)13-18(19)9-8-16-6-4-3-5-7-16/h3-7,10-12H,8-9,13H2,1-2H3. The van der Waals surface area contributed by atoms with Gasteiger partial charge >= 0.3 is 0 Å². The molecule has 0 fully saturated rings. The summed E-state index contributed by atoms with van der Waals surface area (Å²) in [7, 11) is 0. The van der Waals surface area contributed by atoms with E-state index in [0.29, 0.717) is 18.6 Å². The Bertz CT molecular complexity index is 535. The largest absolute Gasteiger partial charge is 0.299 e. The maximum absolute atomic E-state index is 12.0. The highest BCUT2D eigenvalue weighted by Crippen LogP contribution is 2.11. The molecule has 0 aromatic heterocycles. The average molecular weight is 252 g/mol. The zero-order chi connectivity index (χ0) is 13.7. The van der Waals surface area contributed by atoms with Crippen molar-refractivity contribution in [2.24, 2.45) is 0 Å². The number of carbonyl (C=O) groups excluding carboxylic acids is 1. The van der Waals surface area contributed by atoms with Crippen LogP contribution in [0.4, 0.5) is 0 Å². The highest BCUT2D eigenvalue weighted by atomic mass is 16.1. The molecule has 0 aliphatic rings. The molecule has 0 radical (unpaired) electrons. The number of hydrogen-bond acceptors (Lipinski definition) is 1. The number of Topliss-reactive ketones (excluding diaryl/α,β-unsaturated/α-hetero) is 1. The second-order valence-electron chi connectivity index (χ2n) is 5.20. The summed E-state index contributed by atoms with van der Waals surface area (Å²) in [5, 5.41) is 0. The molecule has 2 aromatic carbocycles. The monoisotopic (exact) mass is 252 g/mol. The van der Waals surface area contributed by atoms with Crippen molar-refractivity contribution >= 4 is 5.78 Å². The summed E-state index contributed by atoms with van der Waals surface area (Å²) in [6, 6.07) is 16.5. The van der Waals surface area contributed by atoms with E-state index in [1.165, 1.54) is 16.7 Å². The maximum atomic E-state index is 12.0. The first-order chi connectivity index (χ1) is 9.13. The lowest BCUT2D eigenvalue weighted by Crippen LogP contribution is -2.04. The lowest BCUT2D eigenvalue weighted by atomic mass is 10.00. The van der Waals surface area contributed by atoms with Crippen LogP contribution in [0.15, 0.2) is 48.5 Å². The third-order valence-electron chi connectivity index (χ3n) is 3.22. The van der Waals surface area contributed by atoms with Gasteiger partial charge in [0.1, 0.15) is 5.78 Å². The summed E-state index contributed by atoms with van der Waals surface area (Å²) in [6.45, 7) is 4.15. The van der Waals surface area contributed by atoms with Crippen LogP contribution >= 0.6 is 0 Å². The van der Waals surface area contributed by atoms with E-state index in [2.05, 4.69) is 44.2 Å². The van der Waals surface area contributed by atoms with Crippen LogP contribution in [0.5, 0.6) is 0 Å². The molecule has 0 unspecified atom stereocenters. The van der Waals surface area contributed by atoms with Crippen LogP contribution in [0.2, 0.25) is 0 Å². The number of aryl methyl sites for hydroxylation is 3. The molecule has 0 amide bonds. The average Bonchev–Trinajstić information content (AvgIpc) is 2.36. The zero-order valence-electron chi connectivity index (χ0n) is 11.6. The Labute approximate surface area is 115 Å². The van der Waals surface area contributed by atoms with E-state index in [9.17, 15) is 4.79 Å². The Morgan fingerprint density at radius 3 is 2.16 bits per heavy atom. The first kappa shape index (κ1) is 13.5. The maximum Gasteiger partial charge on any atom is 0.137 e. The first-order valence-corrected chi connectivity index (χ1v) is 6.76. The molecule has 0 atom stereocenters. The predicted octanol–water partition coefficient (Wildman–Crippen LogP) is 4.05. The first-order valence-electron chi connectivity index (χ1n) is 6.76. The molecule has 98 valence electrons. The van der Waals surface area contributed by atoms with E-state index in [1.54, 1.807) is 0 Å². The highest BCUT2D eigenvalue weighted by Gasteiger charge is 2.05. The molecule has 0 saturated carbocycles. The lowest BCUT2D eigenvalue weighted by molar-refractivity contribution is -0.118. The van der Waals surface area contributed by atoms with Gasteiger partial charge in [0.25, 0.3) is 0 Å². The highest BCUT2D eigenvalue weighted by molar-refractivity contribution is 5.81. The van der Waals surface area contributed by atoms with E-state index < -0.39 is 0 Å². The Morgan fingerprint density at radius 1 is 0.895 bits per heavy atom. The summed E-state index contributed by atoms with van der Waals surface area (Å²) in [5.41, 5.74) is 4.82. The van der Waals surface area contributed by atoms with Gasteiger partial charge in [-0.15, -0.1) is 0 Å². The van der Waals surface area contributed by atoms with E-state index >= 15 is 0 Å². The van der Waals surface area contributed by atoms with Crippen molar-refractivity contribution in [2.75, 3.05) is 0 Å². The van der Waals surface area contributed by atoms with Gasteiger partial charge in [-0.25, -0.2) is 0 Å². The van der Waals surface area contributed by atoms with Gasteiger partial charge in [0.15, 0.2) is 0 Å². The Balaban J connectivity index is 1.91. The van der Waals surface area contributed by atoms with Crippen LogP contribution < -0.4 is 0 Å². The summed E-state index contributed by atoms with van der Waals surface area (Å²) in [6.07, 6.45) is 2.01. The van der Waals surface area contributed by atoms with Crippen LogP contribution in [0.25, 0.3) is 0 Å². The zero-order valence-corrected chi connectivity index (χ0v) is 11.6. The molecule has 0 bridgehead atoms. The summed E-state index contributed by atoms with van der Waals surface area (Å²) in [4.78, 5) is 12.0. The second-order valence-corrected chi connectivity index (χ2v) is 5.20. The Morgan fingerprint density at radius 2 is 1.53 bits per heavy atom. The molecule has 0 N–H and O–H groups in total. The molecule has 0 saturated heterocycles. The minimum absolute atomic E-state index is 0.314. The molecule has 19 heavy (non-hydrogen) atoms. The smallest absolute Gasteiger partial charge is 0.137 e. The van der Waals surface area contributed by atoms with Gasteiger partial charge in [0.05, 0.1) is 0 Å². The van der Waals surface area contributed by atoms with E-state index in [1.807, 2.05) is 18.2 Å². The van der Waals surface area contributed by atoms with Gasteiger partial charge < -0.3 is 0 Å². The van der Waals surface area contributed by atoms with Crippen LogP contribution in [-0.4, -0.2) is 5.78 Å². The second kappa shape index (κ2) is 6.33. The third kappa shape index (κ3) is 4.36. The van der Waals surface area contributed by atoms with Crippen LogP contribution in [0.1, 0.15) is 28.7 Å². The van der Waals surface area contributed by atoms with Crippen molar-refractivity contribution in [2.45, 2.75) is 33.1 Å². The number of benzene rings is 2. The fourth-order valence-electron chi connectivity index (χ4n) is 2.42. The quantitative estimate of drug-likeness (QED) is 0.784. The molecule has 0 heterocycles. The normalized spacial score (nSPS) is 10.4. The molecular weight excluding hydrogens is 232 g/mol. The van der Waals surface area contributed by atoms with Gasteiger partial charge in [-0.2, -0.15) is 0 Å². The number of hydrogen-bond donors (Lipinski definition) is 0. The van der Waals surface area contributed by atoms with Crippen molar-refractivity contribution in [3.63, 3.8) is 0 Å².